The minimum absolute atomic E-state index is 0.130. The predicted molar refractivity (Wildman–Crippen MR) is 72.1 cm³/mol. The highest BCUT2D eigenvalue weighted by molar-refractivity contribution is 5.92. The number of hydrogen-bond acceptors (Lipinski definition) is 3. The van der Waals surface area contributed by atoms with Crippen LogP contribution < -0.4 is 5.32 Å². The van der Waals surface area contributed by atoms with Crippen molar-refractivity contribution in [2.45, 2.75) is 19.5 Å². The number of carboxylic acids is 1. The molecule has 0 saturated carbocycles. The Morgan fingerprint density at radius 3 is 2.62 bits per heavy atom. The van der Waals surface area contributed by atoms with Crippen LogP contribution in [0.1, 0.15) is 29.0 Å². The van der Waals surface area contributed by atoms with Crippen LogP contribution in [0.25, 0.3) is 0 Å². The van der Waals surface area contributed by atoms with E-state index < -0.39 is 17.9 Å². The summed E-state index contributed by atoms with van der Waals surface area (Å²) in [7, 11) is 0. The van der Waals surface area contributed by atoms with Crippen molar-refractivity contribution >= 4 is 11.9 Å². The fourth-order valence-corrected chi connectivity index (χ4v) is 1.66. The Hall–Kier alpha value is -2.70. The highest BCUT2D eigenvalue weighted by atomic mass is 19.1. The Labute approximate surface area is 120 Å². The molecule has 0 aliphatic carbocycles. The number of aliphatic carboxylic acids is 1. The van der Waals surface area contributed by atoms with Crippen molar-refractivity contribution in [2.75, 3.05) is 0 Å². The van der Waals surface area contributed by atoms with Crippen molar-refractivity contribution in [3.05, 3.63) is 53.6 Å². The number of aromatic nitrogens is 2. The highest BCUT2D eigenvalue weighted by Gasteiger charge is 2.16. The standard InChI is InChI=1S/C14H14FN3O3/c1-9(14(20)21)18-7-6-12(17-18)13(19)16-8-10-2-4-11(15)5-3-10/h2-7,9H,8H2,1H3,(H,16,19)(H,20,21). The van der Waals surface area contributed by atoms with Crippen LogP contribution in [0.2, 0.25) is 0 Å². The SMILES string of the molecule is CC(C(=O)O)n1ccc(C(=O)NCc2ccc(F)cc2)n1. The van der Waals surface area contributed by atoms with Gasteiger partial charge in [-0.25, -0.2) is 9.18 Å². The van der Waals surface area contributed by atoms with Gasteiger partial charge in [-0.2, -0.15) is 5.10 Å². The van der Waals surface area contributed by atoms with E-state index in [0.717, 1.165) is 5.56 Å². The molecule has 0 bridgehead atoms. The summed E-state index contributed by atoms with van der Waals surface area (Å²) in [4.78, 5) is 22.7. The zero-order chi connectivity index (χ0) is 15.4. The first-order valence-corrected chi connectivity index (χ1v) is 6.28. The second kappa shape index (κ2) is 6.17. The number of halogens is 1. The first kappa shape index (κ1) is 14.7. The minimum atomic E-state index is -1.03. The molecule has 1 atom stereocenters. The number of nitrogens with one attached hydrogen (secondary N) is 1. The second-order valence-corrected chi connectivity index (χ2v) is 4.50. The van der Waals surface area contributed by atoms with Crippen LogP contribution in [-0.4, -0.2) is 26.8 Å². The molecule has 1 aromatic carbocycles. The van der Waals surface area contributed by atoms with E-state index in [1.807, 2.05) is 0 Å². The summed E-state index contributed by atoms with van der Waals surface area (Å²) in [5, 5.41) is 15.4. The number of carbonyl (C=O) groups excluding carboxylic acids is 1. The second-order valence-electron chi connectivity index (χ2n) is 4.50. The molecular formula is C14H14FN3O3. The van der Waals surface area contributed by atoms with Gasteiger partial charge in [0.25, 0.3) is 5.91 Å². The molecule has 0 saturated heterocycles. The van der Waals surface area contributed by atoms with Crippen LogP contribution in [-0.2, 0) is 11.3 Å². The normalized spacial score (nSPS) is 11.9. The fourth-order valence-electron chi connectivity index (χ4n) is 1.66. The van der Waals surface area contributed by atoms with Crippen LogP contribution in [0.15, 0.2) is 36.5 Å². The Bertz CT molecular complexity index is 652. The number of hydrogen-bond donors (Lipinski definition) is 2. The van der Waals surface area contributed by atoms with Gasteiger partial charge in [0.1, 0.15) is 17.6 Å². The largest absolute Gasteiger partial charge is 0.480 e. The number of carboxylic acid groups (broad SMARTS) is 1. The first-order chi connectivity index (χ1) is 9.97. The maximum absolute atomic E-state index is 12.7. The molecule has 0 radical (unpaired) electrons. The Balaban J connectivity index is 1.97. The molecular weight excluding hydrogens is 277 g/mol. The molecule has 0 spiro atoms. The Kier molecular flexibility index (Phi) is 4.32. The quantitative estimate of drug-likeness (QED) is 0.876. The van der Waals surface area contributed by atoms with Gasteiger partial charge >= 0.3 is 5.97 Å². The lowest BCUT2D eigenvalue weighted by molar-refractivity contribution is -0.140. The minimum Gasteiger partial charge on any atom is -0.480 e. The van der Waals surface area contributed by atoms with Crippen LogP contribution in [0.4, 0.5) is 4.39 Å². The maximum atomic E-state index is 12.7. The number of rotatable bonds is 5. The zero-order valence-electron chi connectivity index (χ0n) is 11.3. The molecule has 1 unspecified atom stereocenters. The molecule has 1 amide bonds. The molecule has 1 heterocycles. The summed E-state index contributed by atoms with van der Waals surface area (Å²) >= 11 is 0. The van der Waals surface area contributed by atoms with Crippen molar-refractivity contribution < 1.29 is 19.1 Å². The zero-order valence-corrected chi connectivity index (χ0v) is 11.3. The van der Waals surface area contributed by atoms with Crippen LogP contribution in [0.5, 0.6) is 0 Å². The Morgan fingerprint density at radius 1 is 1.33 bits per heavy atom. The smallest absolute Gasteiger partial charge is 0.328 e. The maximum Gasteiger partial charge on any atom is 0.328 e. The topological polar surface area (TPSA) is 84.2 Å². The van der Waals surface area contributed by atoms with Crippen molar-refractivity contribution in [1.82, 2.24) is 15.1 Å². The van der Waals surface area contributed by atoms with Gasteiger partial charge in [-0.05, 0) is 30.7 Å². The average Bonchev–Trinajstić information content (AvgIpc) is 2.95. The molecule has 0 fully saturated rings. The molecule has 1 aromatic heterocycles. The summed E-state index contributed by atoms with van der Waals surface area (Å²) in [5.41, 5.74) is 0.883. The predicted octanol–water partition coefficient (Wildman–Crippen LogP) is 1.60. The summed E-state index contributed by atoms with van der Waals surface area (Å²) in [5.74, 6) is -1.79. The average molecular weight is 291 g/mol. The van der Waals surface area contributed by atoms with Gasteiger partial charge in [0.2, 0.25) is 0 Å². The van der Waals surface area contributed by atoms with Gasteiger partial charge < -0.3 is 10.4 Å². The van der Waals surface area contributed by atoms with Gasteiger partial charge in [0.05, 0.1) is 0 Å². The molecule has 2 aromatic rings. The number of benzene rings is 1. The monoisotopic (exact) mass is 291 g/mol. The summed E-state index contributed by atoms with van der Waals surface area (Å²) < 4.78 is 13.9. The van der Waals surface area contributed by atoms with Crippen molar-refractivity contribution in [3.63, 3.8) is 0 Å². The van der Waals surface area contributed by atoms with Crippen molar-refractivity contribution in [2.24, 2.45) is 0 Å². The van der Waals surface area contributed by atoms with E-state index in [2.05, 4.69) is 10.4 Å². The molecule has 0 aliphatic heterocycles. The lowest BCUT2D eigenvalue weighted by atomic mass is 10.2. The molecule has 6 nitrogen and oxygen atoms in total. The summed E-state index contributed by atoms with van der Waals surface area (Å²) in [6.45, 7) is 1.70. The molecule has 2 N–H and O–H groups in total. The Morgan fingerprint density at radius 2 is 2.00 bits per heavy atom. The molecule has 21 heavy (non-hydrogen) atoms. The van der Waals surface area contributed by atoms with Crippen LogP contribution >= 0.6 is 0 Å². The van der Waals surface area contributed by atoms with Gasteiger partial charge in [0, 0.05) is 12.7 Å². The van der Waals surface area contributed by atoms with Gasteiger partial charge in [-0.15, -0.1) is 0 Å². The third kappa shape index (κ3) is 3.65. The van der Waals surface area contributed by atoms with E-state index in [-0.39, 0.29) is 18.1 Å². The molecule has 7 heteroatoms. The number of amides is 1. The van der Waals surface area contributed by atoms with Gasteiger partial charge in [-0.1, -0.05) is 12.1 Å². The van der Waals surface area contributed by atoms with Crippen LogP contribution in [0.3, 0.4) is 0 Å². The third-order valence-corrected chi connectivity index (χ3v) is 2.96. The number of carbonyl (C=O) groups is 2. The van der Waals surface area contributed by atoms with E-state index in [1.54, 1.807) is 12.1 Å². The molecule has 2 rings (SSSR count). The fraction of sp³-hybridized carbons (Fsp3) is 0.214. The van der Waals surface area contributed by atoms with E-state index in [0.29, 0.717) is 0 Å². The van der Waals surface area contributed by atoms with E-state index >= 15 is 0 Å². The first-order valence-electron chi connectivity index (χ1n) is 6.28. The van der Waals surface area contributed by atoms with E-state index in [4.69, 9.17) is 5.11 Å². The van der Waals surface area contributed by atoms with Gasteiger partial charge in [-0.3, -0.25) is 9.48 Å². The lowest BCUT2D eigenvalue weighted by Crippen LogP contribution is -2.24. The van der Waals surface area contributed by atoms with Crippen molar-refractivity contribution in [3.8, 4) is 0 Å². The molecule has 0 aliphatic rings. The van der Waals surface area contributed by atoms with Gasteiger partial charge in [0.15, 0.2) is 0 Å². The molecule has 110 valence electrons. The third-order valence-electron chi connectivity index (χ3n) is 2.96. The number of nitrogens with zero attached hydrogens (tertiary/aromatic N) is 2. The van der Waals surface area contributed by atoms with E-state index in [1.165, 1.54) is 36.0 Å². The van der Waals surface area contributed by atoms with Crippen LogP contribution in [0, 0.1) is 5.82 Å². The summed E-state index contributed by atoms with van der Waals surface area (Å²) in [6.07, 6.45) is 1.44. The highest BCUT2D eigenvalue weighted by Crippen LogP contribution is 2.07. The summed E-state index contributed by atoms with van der Waals surface area (Å²) in [6, 6.07) is 6.36. The van der Waals surface area contributed by atoms with Crippen molar-refractivity contribution in [1.29, 1.82) is 0 Å². The van der Waals surface area contributed by atoms with E-state index in [9.17, 15) is 14.0 Å². The lowest BCUT2D eigenvalue weighted by Gasteiger charge is -2.06.